The highest BCUT2D eigenvalue weighted by Crippen LogP contribution is 2.44. The lowest BCUT2D eigenvalue weighted by Crippen LogP contribution is -2.30. The first-order chi connectivity index (χ1) is 20.0. The largest absolute Gasteiger partial charge is 0.444 e. The van der Waals surface area contributed by atoms with E-state index >= 15 is 0 Å². The number of allylic oxidation sites excluding steroid dienone is 2. The van der Waals surface area contributed by atoms with Crippen molar-refractivity contribution in [3.8, 4) is 11.1 Å². The fraction of sp³-hybridized carbons (Fsp3) is 0.312. The summed E-state index contributed by atoms with van der Waals surface area (Å²) in [7, 11) is 0. The molecule has 5 rings (SSSR count). The number of halogens is 1. The third-order valence-electron chi connectivity index (χ3n) is 6.96. The van der Waals surface area contributed by atoms with Gasteiger partial charge in [-0.2, -0.15) is 0 Å². The van der Waals surface area contributed by atoms with Crippen molar-refractivity contribution >= 4 is 46.3 Å². The second-order valence-electron chi connectivity index (χ2n) is 11.3. The van der Waals surface area contributed by atoms with E-state index in [-0.39, 0.29) is 11.4 Å². The molecule has 3 N–H and O–H groups in total. The van der Waals surface area contributed by atoms with E-state index in [0.29, 0.717) is 10.7 Å². The summed E-state index contributed by atoms with van der Waals surface area (Å²) in [6.45, 7) is 10.1. The van der Waals surface area contributed by atoms with Gasteiger partial charge >= 0.3 is 6.09 Å². The molecule has 1 unspecified atom stereocenters. The van der Waals surface area contributed by atoms with Crippen LogP contribution < -0.4 is 16.0 Å². The number of fused-ring (bicyclic) bond motifs is 2. The molecule has 4 aromatic rings. The van der Waals surface area contributed by atoms with Crippen LogP contribution in [0.5, 0.6) is 0 Å². The van der Waals surface area contributed by atoms with Crippen LogP contribution in [-0.4, -0.2) is 38.7 Å². The minimum Gasteiger partial charge on any atom is -0.444 e. The van der Waals surface area contributed by atoms with Crippen molar-refractivity contribution < 1.29 is 14.3 Å². The second-order valence-corrected chi connectivity index (χ2v) is 11.7. The van der Waals surface area contributed by atoms with Crippen LogP contribution in [0.2, 0.25) is 5.02 Å². The van der Waals surface area contributed by atoms with Gasteiger partial charge in [-0.15, -0.1) is 5.10 Å². The van der Waals surface area contributed by atoms with Crippen LogP contribution in [0.15, 0.2) is 60.9 Å². The van der Waals surface area contributed by atoms with Crippen molar-refractivity contribution in [2.75, 3.05) is 17.2 Å². The molecule has 0 saturated heterocycles. The van der Waals surface area contributed by atoms with E-state index in [2.05, 4.69) is 51.2 Å². The van der Waals surface area contributed by atoms with Gasteiger partial charge < -0.3 is 15.4 Å². The monoisotopic (exact) mass is 586 g/mol. The molecule has 0 aliphatic carbocycles. The van der Waals surface area contributed by atoms with Gasteiger partial charge in [0, 0.05) is 30.1 Å². The number of hydrogen-bond donors (Lipinski definition) is 3. The molecule has 0 bridgehead atoms. The lowest BCUT2D eigenvalue weighted by molar-refractivity contribution is 0.0635. The van der Waals surface area contributed by atoms with Gasteiger partial charge in [-0.05, 0) is 76.3 Å². The maximum Gasteiger partial charge on any atom is 0.413 e. The number of anilines is 2. The average Bonchev–Trinajstić information content (AvgIpc) is 3.28. The summed E-state index contributed by atoms with van der Waals surface area (Å²) in [5.74, 6) is -0.400. The molecule has 1 atom stereocenters. The first-order valence-corrected chi connectivity index (χ1v) is 14.4. The molecular weight excluding hydrogens is 552 g/mol. The first-order valence-electron chi connectivity index (χ1n) is 14.0. The van der Waals surface area contributed by atoms with Crippen molar-refractivity contribution in [3.05, 3.63) is 82.6 Å². The maximum atomic E-state index is 13.9. The van der Waals surface area contributed by atoms with Crippen molar-refractivity contribution in [2.45, 2.75) is 59.1 Å². The van der Waals surface area contributed by atoms with Crippen LogP contribution in [0.1, 0.15) is 75.0 Å². The molecule has 218 valence electrons. The summed E-state index contributed by atoms with van der Waals surface area (Å²) in [4.78, 5) is 30.9. The molecule has 1 aliphatic rings. The van der Waals surface area contributed by atoms with Crippen LogP contribution in [0.4, 0.5) is 16.3 Å². The van der Waals surface area contributed by atoms with Gasteiger partial charge in [0.1, 0.15) is 11.2 Å². The van der Waals surface area contributed by atoms with Gasteiger partial charge in [-0.1, -0.05) is 48.0 Å². The predicted molar refractivity (Wildman–Crippen MR) is 167 cm³/mol. The molecule has 9 nitrogen and oxygen atoms in total. The number of hydrogen-bond acceptors (Lipinski definition) is 6. The van der Waals surface area contributed by atoms with E-state index in [1.54, 1.807) is 39.2 Å². The van der Waals surface area contributed by atoms with Gasteiger partial charge in [0.05, 0.1) is 16.8 Å². The topological polar surface area (TPSA) is 110 Å². The summed E-state index contributed by atoms with van der Waals surface area (Å²) < 4.78 is 6.85. The summed E-state index contributed by atoms with van der Waals surface area (Å²) in [5.41, 5.74) is 5.56. The van der Waals surface area contributed by atoms with Crippen molar-refractivity contribution in [1.82, 2.24) is 19.9 Å². The number of aromatic nitrogens is 3. The molecule has 0 spiro atoms. The molecule has 0 saturated carbocycles. The Balaban J connectivity index is 1.57. The molecule has 3 heterocycles. The fourth-order valence-corrected chi connectivity index (χ4v) is 5.52. The standard InChI is InChI=1S/C32H35ClN6O3/c1-19-12-9-10-15-34-27-24(19)23(33)18-22(25(27)21-13-7-6-8-14-21)20(2)36-30(40)26-28(37-31(41)42-32(3,4)5)38-39-17-11-16-35-29(26)39/h6-8,11-14,16-18,20,34H,9-10,15H2,1-5H3,(H,36,40)(H,37,38,41)/b19-12+. The minimum absolute atomic E-state index is 0.0505. The normalized spacial score (nSPS) is 15.3. The van der Waals surface area contributed by atoms with Crippen LogP contribution in [0.25, 0.3) is 22.3 Å². The smallest absolute Gasteiger partial charge is 0.413 e. The summed E-state index contributed by atoms with van der Waals surface area (Å²) in [5, 5.41) is 14.4. The van der Waals surface area contributed by atoms with Crippen molar-refractivity contribution in [1.29, 1.82) is 0 Å². The van der Waals surface area contributed by atoms with E-state index in [1.807, 2.05) is 31.2 Å². The van der Waals surface area contributed by atoms with E-state index in [0.717, 1.165) is 52.9 Å². The summed E-state index contributed by atoms with van der Waals surface area (Å²) in [6.07, 6.45) is 6.70. The average molecular weight is 587 g/mol. The Morgan fingerprint density at radius 1 is 1.14 bits per heavy atom. The number of rotatable bonds is 5. The van der Waals surface area contributed by atoms with Gasteiger partial charge in [-0.3, -0.25) is 10.1 Å². The van der Waals surface area contributed by atoms with Crippen LogP contribution >= 0.6 is 11.6 Å². The van der Waals surface area contributed by atoms with Gasteiger partial charge in [0.2, 0.25) is 0 Å². The Morgan fingerprint density at radius 2 is 1.90 bits per heavy atom. The number of ether oxygens (including phenoxy) is 1. The van der Waals surface area contributed by atoms with E-state index < -0.39 is 23.6 Å². The highest BCUT2D eigenvalue weighted by atomic mass is 35.5. The quantitative estimate of drug-likeness (QED) is 0.223. The van der Waals surface area contributed by atoms with Gasteiger partial charge in [0.25, 0.3) is 5.91 Å². The van der Waals surface area contributed by atoms with E-state index in [1.165, 1.54) is 4.52 Å². The van der Waals surface area contributed by atoms with Crippen LogP contribution in [-0.2, 0) is 4.74 Å². The highest BCUT2D eigenvalue weighted by Gasteiger charge is 2.28. The van der Waals surface area contributed by atoms with E-state index in [4.69, 9.17) is 16.3 Å². The maximum absolute atomic E-state index is 13.9. The third kappa shape index (κ3) is 6.11. The molecule has 2 amide bonds. The van der Waals surface area contributed by atoms with E-state index in [9.17, 15) is 9.59 Å². The Hall–Kier alpha value is -4.37. The molecule has 0 radical (unpaired) electrons. The molecule has 1 aliphatic heterocycles. The molecule has 10 heteroatoms. The minimum atomic E-state index is -0.725. The molecule has 2 aromatic carbocycles. The SMILES string of the molecule is C/C1=C\CCCNc2c1c(Cl)cc(C(C)NC(=O)c1c(NC(=O)OC(C)(C)C)nn3cccnc13)c2-c1ccccc1. The number of benzene rings is 2. The van der Waals surface area contributed by atoms with Crippen molar-refractivity contribution in [2.24, 2.45) is 0 Å². The Bertz CT molecular complexity index is 1670. The zero-order chi connectivity index (χ0) is 30.0. The summed E-state index contributed by atoms with van der Waals surface area (Å²) in [6, 6.07) is 13.2. The zero-order valence-electron chi connectivity index (χ0n) is 24.4. The Kier molecular flexibility index (Phi) is 8.22. The molecule has 42 heavy (non-hydrogen) atoms. The van der Waals surface area contributed by atoms with Crippen LogP contribution in [0.3, 0.4) is 0 Å². The lowest BCUT2D eigenvalue weighted by Gasteiger charge is -2.26. The van der Waals surface area contributed by atoms with Crippen LogP contribution in [0, 0.1) is 0 Å². The first kappa shape index (κ1) is 29.1. The molecule has 0 fully saturated rings. The Morgan fingerprint density at radius 3 is 2.64 bits per heavy atom. The number of nitrogens with zero attached hydrogens (tertiary/aromatic N) is 3. The zero-order valence-corrected chi connectivity index (χ0v) is 25.2. The fourth-order valence-electron chi connectivity index (χ4n) is 5.16. The van der Waals surface area contributed by atoms with Gasteiger partial charge in [0.15, 0.2) is 11.5 Å². The number of nitrogens with one attached hydrogen (secondary N) is 3. The predicted octanol–water partition coefficient (Wildman–Crippen LogP) is 7.50. The molecule has 2 aromatic heterocycles. The lowest BCUT2D eigenvalue weighted by atomic mass is 9.88. The number of amides is 2. The number of carbonyl (C=O) groups excluding carboxylic acids is 2. The number of carbonyl (C=O) groups is 2. The van der Waals surface area contributed by atoms with Gasteiger partial charge in [-0.25, -0.2) is 14.3 Å². The molecular formula is C32H35ClN6O3. The summed E-state index contributed by atoms with van der Waals surface area (Å²) >= 11 is 6.94. The second kappa shape index (κ2) is 11.9. The Labute approximate surface area is 250 Å². The third-order valence-corrected chi connectivity index (χ3v) is 7.25. The van der Waals surface area contributed by atoms with Crippen molar-refractivity contribution in [3.63, 3.8) is 0 Å². The highest BCUT2D eigenvalue weighted by molar-refractivity contribution is 6.33.